The Morgan fingerprint density at radius 2 is 1.68 bits per heavy atom. The molecule has 0 heterocycles. The molecule has 5 atom stereocenters. The normalized spacial score (nSPS) is 35.5. The number of aryl methyl sites for hydroxylation is 1. The lowest BCUT2D eigenvalue weighted by Crippen LogP contribution is -2.41. The summed E-state index contributed by atoms with van der Waals surface area (Å²) >= 11 is 0. The summed E-state index contributed by atoms with van der Waals surface area (Å²) in [5.74, 6) is 2.09. The molecule has 2 bridgehead atoms. The van der Waals surface area contributed by atoms with Gasteiger partial charge in [-0.05, 0) is 49.1 Å². The second kappa shape index (κ2) is 4.80. The Balaban J connectivity index is 1.64. The fourth-order valence-electron chi connectivity index (χ4n) is 4.42. The number of hydrogen-bond acceptors (Lipinski definition) is 2. The summed E-state index contributed by atoms with van der Waals surface area (Å²) in [6, 6.07) is 7.11. The minimum Gasteiger partial charge on any atom is -0.207 e. The molecule has 0 aliphatic heterocycles. The summed E-state index contributed by atoms with van der Waals surface area (Å²) in [6.07, 6.45) is 10.1. The average molecular weight is 315 g/mol. The second-order valence-corrected chi connectivity index (χ2v) is 8.81. The molecular weight excluding hydrogens is 294 g/mol. The zero-order chi connectivity index (χ0) is 15.5. The van der Waals surface area contributed by atoms with E-state index in [0.29, 0.717) is 28.6 Å². The van der Waals surface area contributed by atoms with Gasteiger partial charge in [0.25, 0.3) is 0 Å². The predicted molar refractivity (Wildman–Crippen MR) is 86.8 cm³/mol. The molecule has 0 radical (unpaired) electrons. The van der Waals surface area contributed by atoms with Crippen LogP contribution >= 0.6 is 0 Å². The van der Waals surface area contributed by atoms with Gasteiger partial charge in [-0.15, -0.1) is 0 Å². The van der Waals surface area contributed by atoms with Gasteiger partial charge in [-0.2, -0.15) is 4.31 Å². The van der Waals surface area contributed by atoms with Crippen LogP contribution in [-0.4, -0.2) is 25.8 Å². The fraction of sp³-hybridized carbons (Fsp3) is 0.444. The van der Waals surface area contributed by atoms with Crippen LogP contribution in [0.3, 0.4) is 0 Å². The molecule has 0 saturated heterocycles. The molecule has 116 valence electrons. The van der Waals surface area contributed by atoms with Crippen molar-refractivity contribution in [2.75, 3.05) is 7.05 Å². The van der Waals surface area contributed by atoms with E-state index in [1.165, 1.54) is 6.42 Å². The van der Waals surface area contributed by atoms with Crippen LogP contribution in [0, 0.1) is 30.6 Å². The van der Waals surface area contributed by atoms with Crippen molar-refractivity contribution in [3.8, 4) is 0 Å². The largest absolute Gasteiger partial charge is 0.243 e. The molecule has 0 aromatic heterocycles. The van der Waals surface area contributed by atoms with E-state index >= 15 is 0 Å². The molecule has 1 aromatic rings. The molecule has 22 heavy (non-hydrogen) atoms. The van der Waals surface area contributed by atoms with Gasteiger partial charge in [-0.3, -0.25) is 0 Å². The number of sulfonamides is 1. The van der Waals surface area contributed by atoms with Crippen LogP contribution in [0.2, 0.25) is 0 Å². The summed E-state index contributed by atoms with van der Waals surface area (Å²) in [5, 5.41) is 0. The van der Waals surface area contributed by atoms with Gasteiger partial charge in [0.2, 0.25) is 10.0 Å². The zero-order valence-electron chi connectivity index (χ0n) is 12.9. The highest BCUT2D eigenvalue weighted by molar-refractivity contribution is 7.89. The highest BCUT2D eigenvalue weighted by Crippen LogP contribution is 2.54. The predicted octanol–water partition coefficient (Wildman–Crippen LogP) is 2.99. The standard InChI is InChI=1S/C18H21NO2S/c1-12-3-7-15(8-4-12)22(20,21)19(2)17-10-9-16-13-5-6-14(11-13)18(16)17/h3-10,13-14,16-18H,11H2,1-2H3/t13-,14+,16-,17+,18+/m1/s1. The molecule has 1 fully saturated rings. The van der Waals surface area contributed by atoms with E-state index in [-0.39, 0.29) is 6.04 Å². The van der Waals surface area contributed by atoms with Gasteiger partial charge in [0.15, 0.2) is 0 Å². The van der Waals surface area contributed by atoms with E-state index in [1.807, 2.05) is 19.1 Å². The van der Waals surface area contributed by atoms with Crippen molar-refractivity contribution < 1.29 is 8.42 Å². The number of hydrogen-bond donors (Lipinski definition) is 0. The van der Waals surface area contributed by atoms with Crippen molar-refractivity contribution in [1.82, 2.24) is 4.31 Å². The van der Waals surface area contributed by atoms with Crippen LogP contribution in [-0.2, 0) is 10.0 Å². The summed E-state index contributed by atoms with van der Waals surface area (Å²) in [5.41, 5.74) is 1.07. The Morgan fingerprint density at radius 3 is 2.41 bits per heavy atom. The molecule has 1 aromatic carbocycles. The minimum absolute atomic E-state index is 0.0174. The molecular formula is C18H21NO2S. The first-order valence-corrected chi connectivity index (χ1v) is 9.34. The van der Waals surface area contributed by atoms with Crippen molar-refractivity contribution in [1.29, 1.82) is 0 Å². The Hall–Kier alpha value is -1.39. The van der Waals surface area contributed by atoms with Gasteiger partial charge in [0.05, 0.1) is 4.90 Å². The molecule has 0 amide bonds. The molecule has 3 nitrogen and oxygen atoms in total. The molecule has 3 aliphatic carbocycles. The number of likely N-dealkylation sites (N-methyl/N-ethyl adjacent to an activating group) is 1. The van der Waals surface area contributed by atoms with Crippen LogP contribution in [0.1, 0.15) is 12.0 Å². The smallest absolute Gasteiger partial charge is 0.207 e. The van der Waals surface area contributed by atoms with E-state index in [4.69, 9.17) is 0 Å². The van der Waals surface area contributed by atoms with Crippen molar-refractivity contribution in [2.45, 2.75) is 24.3 Å². The average Bonchev–Trinajstić information content (AvgIpc) is 3.20. The topological polar surface area (TPSA) is 37.4 Å². The lowest BCUT2D eigenvalue weighted by Gasteiger charge is -2.32. The van der Waals surface area contributed by atoms with E-state index in [1.54, 1.807) is 23.5 Å². The third-order valence-electron chi connectivity index (χ3n) is 5.63. The van der Waals surface area contributed by atoms with E-state index in [2.05, 4.69) is 24.3 Å². The molecule has 0 spiro atoms. The highest BCUT2D eigenvalue weighted by Gasteiger charge is 2.51. The third kappa shape index (κ3) is 1.94. The van der Waals surface area contributed by atoms with Crippen molar-refractivity contribution >= 4 is 10.0 Å². The maximum Gasteiger partial charge on any atom is 0.243 e. The Morgan fingerprint density at radius 1 is 1.00 bits per heavy atom. The van der Waals surface area contributed by atoms with Gasteiger partial charge in [-0.1, -0.05) is 42.0 Å². The minimum atomic E-state index is -3.44. The number of rotatable bonds is 3. The van der Waals surface area contributed by atoms with Gasteiger partial charge in [-0.25, -0.2) is 8.42 Å². The monoisotopic (exact) mass is 315 g/mol. The van der Waals surface area contributed by atoms with Gasteiger partial charge >= 0.3 is 0 Å². The summed E-state index contributed by atoms with van der Waals surface area (Å²) in [6.45, 7) is 1.96. The van der Waals surface area contributed by atoms with E-state index in [0.717, 1.165) is 5.56 Å². The van der Waals surface area contributed by atoms with E-state index < -0.39 is 10.0 Å². The number of benzene rings is 1. The molecule has 4 heteroatoms. The van der Waals surface area contributed by atoms with Gasteiger partial charge in [0, 0.05) is 13.1 Å². The molecule has 1 saturated carbocycles. The Kier molecular flexibility index (Phi) is 3.10. The van der Waals surface area contributed by atoms with Crippen molar-refractivity contribution in [2.24, 2.45) is 23.7 Å². The molecule has 0 unspecified atom stereocenters. The van der Waals surface area contributed by atoms with Crippen LogP contribution in [0.15, 0.2) is 53.5 Å². The maximum atomic E-state index is 12.9. The quantitative estimate of drug-likeness (QED) is 0.804. The van der Waals surface area contributed by atoms with Crippen molar-refractivity contribution in [3.05, 3.63) is 54.1 Å². The first kappa shape index (κ1) is 14.2. The van der Waals surface area contributed by atoms with Gasteiger partial charge in [0.1, 0.15) is 0 Å². The summed E-state index contributed by atoms with van der Waals surface area (Å²) in [4.78, 5) is 0.385. The number of fused-ring (bicyclic) bond motifs is 5. The van der Waals surface area contributed by atoms with E-state index in [9.17, 15) is 8.42 Å². The lowest BCUT2D eigenvalue weighted by molar-refractivity contribution is 0.264. The first-order chi connectivity index (χ1) is 10.5. The van der Waals surface area contributed by atoms with Crippen LogP contribution in [0.5, 0.6) is 0 Å². The first-order valence-electron chi connectivity index (χ1n) is 7.90. The summed E-state index contributed by atoms with van der Waals surface area (Å²) < 4.78 is 27.4. The lowest BCUT2D eigenvalue weighted by atomic mass is 9.83. The molecule has 0 N–H and O–H groups in total. The SMILES string of the molecule is Cc1ccc(S(=O)(=O)N(C)[C@H]2C=C[C@H]3[C@@H]2[C@H]2C=C[C@@H]3C2)cc1. The fourth-order valence-corrected chi connectivity index (χ4v) is 5.77. The Bertz CT molecular complexity index is 748. The van der Waals surface area contributed by atoms with Gasteiger partial charge < -0.3 is 0 Å². The second-order valence-electron chi connectivity index (χ2n) is 6.81. The molecule has 4 rings (SSSR count). The van der Waals surface area contributed by atoms with Crippen LogP contribution in [0.25, 0.3) is 0 Å². The number of nitrogens with zero attached hydrogens (tertiary/aromatic N) is 1. The highest BCUT2D eigenvalue weighted by atomic mass is 32.2. The number of allylic oxidation sites excluding steroid dienone is 3. The third-order valence-corrected chi connectivity index (χ3v) is 7.50. The van der Waals surface area contributed by atoms with Crippen molar-refractivity contribution in [3.63, 3.8) is 0 Å². The summed E-state index contributed by atoms with van der Waals surface area (Å²) in [7, 11) is -1.71. The zero-order valence-corrected chi connectivity index (χ0v) is 13.7. The van der Waals surface area contributed by atoms with Crippen LogP contribution < -0.4 is 0 Å². The molecule has 3 aliphatic rings. The van der Waals surface area contributed by atoms with Crippen LogP contribution in [0.4, 0.5) is 0 Å². The Labute approximate surface area is 132 Å². The maximum absolute atomic E-state index is 12.9.